The minimum atomic E-state index is -4.33. The van der Waals surface area contributed by atoms with E-state index in [4.69, 9.17) is 10.2 Å². The van der Waals surface area contributed by atoms with Gasteiger partial charge >= 0.3 is 5.97 Å². The molecule has 1 unspecified atom stereocenters. The van der Waals surface area contributed by atoms with E-state index >= 15 is 0 Å². The summed E-state index contributed by atoms with van der Waals surface area (Å²) in [5.74, 6) is -3.19. The number of sulfonamides is 1. The number of nitrogens with one attached hydrogen (secondary N) is 2. The standard InChI is InChI=1S/C11H13FN2O6S/c1-6(15)14-7-2-3-10(8(12)4-7)21(19,20)13-5-9(16)11(17)18/h2-4,9,13,16H,5H2,1H3,(H,14,15)(H,17,18). The van der Waals surface area contributed by atoms with Crippen molar-refractivity contribution in [2.75, 3.05) is 11.9 Å². The lowest BCUT2D eigenvalue weighted by Crippen LogP contribution is -2.36. The van der Waals surface area contributed by atoms with Crippen LogP contribution in [0.2, 0.25) is 0 Å². The number of aliphatic carboxylic acids is 1. The molecule has 8 nitrogen and oxygen atoms in total. The van der Waals surface area contributed by atoms with E-state index in [2.05, 4.69) is 5.32 Å². The van der Waals surface area contributed by atoms with Gasteiger partial charge in [-0.3, -0.25) is 4.79 Å². The van der Waals surface area contributed by atoms with Crippen LogP contribution >= 0.6 is 0 Å². The van der Waals surface area contributed by atoms with Gasteiger partial charge in [-0.15, -0.1) is 0 Å². The summed E-state index contributed by atoms with van der Waals surface area (Å²) in [5.41, 5.74) is 0.0736. The Labute approximate surface area is 119 Å². The second-order valence-electron chi connectivity index (χ2n) is 4.03. The first-order valence-corrected chi connectivity index (χ1v) is 7.09. The molecule has 0 fully saturated rings. The van der Waals surface area contributed by atoms with Gasteiger partial charge in [0.05, 0.1) is 0 Å². The zero-order chi connectivity index (χ0) is 16.2. The van der Waals surface area contributed by atoms with Crippen molar-refractivity contribution in [1.82, 2.24) is 4.72 Å². The van der Waals surface area contributed by atoms with Crippen molar-refractivity contribution in [2.24, 2.45) is 0 Å². The molecule has 0 heterocycles. The molecule has 0 aliphatic heterocycles. The lowest BCUT2D eigenvalue weighted by atomic mass is 10.3. The molecular weight excluding hydrogens is 307 g/mol. The van der Waals surface area contributed by atoms with Gasteiger partial charge in [-0.05, 0) is 18.2 Å². The van der Waals surface area contributed by atoms with Gasteiger partial charge in [-0.2, -0.15) is 0 Å². The number of hydrogen-bond acceptors (Lipinski definition) is 5. The van der Waals surface area contributed by atoms with Gasteiger partial charge in [0.15, 0.2) is 6.10 Å². The number of aliphatic hydroxyl groups is 1. The summed E-state index contributed by atoms with van der Waals surface area (Å²) < 4.78 is 39.0. The Morgan fingerprint density at radius 1 is 1.38 bits per heavy atom. The summed E-state index contributed by atoms with van der Waals surface area (Å²) in [6.07, 6.45) is -1.94. The fourth-order valence-electron chi connectivity index (χ4n) is 1.35. The van der Waals surface area contributed by atoms with E-state index in [-0.39, 0.29) is 5.69 Å². The van der Waals surface area contributed by atoms with Crippen LogP contribution in [0.5, 0.6) is 0 Å². The molecule has 21 heavy (non-hydrogen) atoms. The fourth-order valence-corrected chi connectivity index (χ4v) is 2.45. The number of carbonyl (C=O) groups is 2. The fraction of sp³-hybridized carbons (Fsp3) is 0.273. The highest BCUT2D eigenvalue weighted by molar-refractivity contribution is 7.89. The van der Waals surface area contributed by atoms with Gasteiger partial charge in [0.25, 0.3) is 0 Å². The highest BCUT2D eigenvalue weighted by Gasteiger charge is 2.22. The minimum absolute atomic E-state index is 0.0736. The van der Waals surface area contributed by atoms with Crippen LogP contribution in [-0.2, 0) is 19.6 Å². The van der Waals surface area contributed by atoms with Gasteiger partial charge < -0.3 is 15.5 Å². The second kappa shape index (κ2) is 6.61. The lowest BCUT2D eigenvalue weighted by molar-refractivity contribution is -0.146. The van der Waals surface area contributed by atoms with Gasteiger partial charge in [0, 0.05) is 19.2 Å². The summed E-state index contributed by atoms with van der Waals surface area (Å²) in [5, 5.41) is 19.7. The van der Waals surface area contributed by atoms with E-state index in [0.29, 0.717) is 0 Å². The number of carboxylic acids is 1. The number of anilines is 1. The molecule has 4 N–H and O–H groups in total. The Hall–Kier alpha value is -2.04. The summed E-state index contributed by atoms with van der Waals surface area (Å²) >= 11 is 0. The molecule has 0 aromatic heterocycles. The summed E-state index contributed by atoms with van der Waals surface area (Å²) in [7, 11) is -4.33. The highest BCUT2D eigenvalue weighted by Crippen LogP contribution is 2.18. The predicted molar refractivity (Wildman–Crippen MR) is 69.5 cm³/mol. The first-order valence-electron chi connectivity index (χ1n) is 5.61. The van der Waals surface area contributed by atoms with E-state index in [1.165, 1.54) is 13.0 Å². The monoisotopic (exact) mass is 320 g/mol. The Kier molecular flexibility index (Phi) is 5.35. The van der Waals surface area contributed by atoms with Crippen molar-refractivity contribution in [3.05, 3.63) is 24.0 Å². The molecule has 116 valence electrons. The minimum Gasteiger partial charge on any atom is -0.479 e. The SMILES string of the molecule is CC(=O)Nc1ccc(S(=O)(=O)NCC(O)C(=O)O)c(F)c1. The largest absolute Gasteiger partial charge is 0.479 e. The molecule has 1 aromatic rings. The molecule has 1 atom stereocenters. The average molecular weight is 320 g/mol. The number of amides is 1. The second-order valence-corrected chi connectivity index (χ2v) is 5.77. The van der Waals surface area contributed by atoms with Gasteiger partial charge in [-0.1, -0.05) is 0 Å². The normalized spacial score (nSPS) is 12.7. The van der Waals surface area contributed by atoms with E-state index in [9.17, 15) is 22.4 Å². The zero-order valence-corrected chi connectivity index (χ0v) is 11.6. The number of aliphatic hydroxyl groups excluding tert-OH is 1. The Bertz CT molecular complexity index is 661. The Morgan fingerprint density at radius 3 is 2.48 bits per heavy atom. The molecule has 1 amide bonds. The van der Waals surface area contributed by atoms with Crippen LogP contribution in [0.4, 0.5) is 10.1 Å². The first-order chi connectivity index (χ1) is 9.63. The summed E-state index contributed by atoms with van der Waals surface area (Å²) in [4.78, 5) is 20.4. The molecule has 1 rings (SSSR count). The quantitative estimate of drug-likeness (QED) is 0.559. The van der Waals surface area contributed by atoms with Crippen LogP contribution in [0.15, 0.2) is 23.1 Å². The third-order valence-corrected chi connectivity index (χ3v) is 3.75. The van der Waals surface area contributed by atoms with Crippen LogP contribution in [0.1, 0.15) is 6.92 Å². The molecule has 0 aliphatic carbocycles. The van der Waals surface area contributed by atoms with Crippen molar-refractivity contribution in [1.29, 1.82) is 0 Å². The van der Waals surface area contributed by atoms with E-state index < -0.39 is 45.3 Å². The Balaban J connectivity index is 2.93. The van der Waals surface area contributed by atoms with Crippen molar-refractivity contribution < 1.29 is 32.6 Å². The first kappa shape index (κ1) is 17.0. The average Bonchev–Trinajstić information content (AvgIpc) is 2.34. The third kappa shape index (κ3) is 4.77. The summed E-state index contributed by atoms with van der Waals surface area (Å²) in [6, 6.07) is 2.90. The number of halogens is 1. The summed E-state index contributed by atoms with van der Waals surface area (Å²) in [6.45, 7) is 0.405. The van der Waals surface area contributed by atoms with Crippen LogP contribution in [0, 0.1) is 5.82 Å². The smallest absolute Gasteiger partial charge is 0.333 e. The number of hydrogen-bond donors (Lipinski definition) is 4. The van der Waals surface area contributed by atoms with Crippen LogP contribution < -0.4 is 10.0 Å². The van der Waals surface area contributed by atoms with Crippen LogP contribution in [-0.4, -0.2) is 43.2 Å². The maximum absolute atomic E-state index is 13.7. The van der Waals surface area contributed by atoms with Crippen molar-refractivity contribution in [3.63, 3.8) is 0 Å². The van der Waals surface area contributed by atoms with Crippen molar-refractivity contribution in [2.45, 2.75) is 17.9 Å². The van der Waals surface area contributed by atoms with Crippen LogP contribution in [0.25, 0.3) is 0 Å². The molecule has 0 spiro atoms. The van der Waals surface area contributed by atoms with Crippen molar-refractivity contribution >= 4 is 27.6 Å². The number of carboxylic acid groups (broad SMARTS) is 1. The maximum atomic E-state index is 13.7. The molecular formula is C11H13FN2O6S. The van der Waals surface area contributed by atoms with Crippen LogP contribution in [0.3, 0.4) is 0 Å². The Morgan fingerprint density at radius 2 is 2.00 bits per heavy atom. The number of benzene rings is 1. The van der Waals surface area contributed by atoms with E-state index in [1.807, 2.05) is 0 Å². The van der Waals surface area contributed by atoms with Gasteiger partial charge in [0.2, 0.25) is 15.9 Å². The molecule has 0 aliphatic rings. The lowest BCUT2D eigenvalue weighted by Gasteiger charge is -2.10. The topological polar surface area (TPSA) is 133 Å². The number of rotatable bonds is 6. The van der Waals surface area contributed by atoms with Gasteiger partial charge in [0.1, 0.15) is 10.7 Å². The zero-order valence-electron chi connectivity index (χ0n) is 10.8. The molecule has 1 aromatic carbocycles. The molecule has 0 bridgehead atoms. The molecule has 0 saturated carbocycles. The maximum Gasteiger partial charge on any atom is 0.333 e. The molecule has 0 saturated heterocycles. The van der Waals surface area contributed by atoms with E-state index in [1.54, 1.807) is 4.72 Å². The molecule has 0 radical (unpaired) electrons. The van der Waals surface area contributed by atoms with E-state index in [0.717, 1.165) is 12.1 Å². The van der Waals surface area contributed by atoms with Gasteiger partial charge in [-0.25, -0.2) is 22.3 Å². The highest BCUT2D eigenvalue weighted by atomic mass is 32.2. The predicted octanol–water partition coefficient (Wildman–Crippen LogP) is -0.492. The third-order valence-electron chi connectivity index (χ3n) is 2.29. The number of carbonyl (C=O) groups excluding carboxylic acids is 1. The molecule has 10 heteroatoms. The van der Waals surface area contributed by atoms with Crippen molar-refractivity contribution in [3.8, 4) is 0 Å².